The van der Waals surface area contributed by atoms with Gasteiger partial charge >= 0.3 is 5.97 Å². The Morgan fingerprint density at radius 3 is 2.50 bits per heavy atom. The molecule has 0 N–H and O–H groups in total. The molecule has 0 bridgehead atoms. The van der Waals surface area contributed by atoms with E-state index >= 15 is 0 Å². The second-order valence-corrected chi connectivity index (χ2v) is 5.14. The molecule has 0 radical (unpaired) electrons. The molecule has 0 heterocycles. The number of rotatable bonds is 7. The average molecular weight is 295 g/mol. The third-order valence-electron chi connectivity index (χ3n) is 3.54. The molecule has 1 saturated carbocycles. The summed E-state index contributed by atoms with van der Waals surface area (Å²) in [4.78, 5) is 16.9. The fourth-order valence-electron chi connectivity index (χ4n) is 2.22. The highest BCUT2D eigenvalue weighted by Gasteiger charge is 2.52. The lowest BCUT2D eigenvalue weighted by Gasteiger charge is -2.14. The first-order valence-corrected chi connectivity index (χ1v) is 7.45. The summed E-state index contributed by atoms with van der Waals surface area (Å²) in [7, 11) is 0. The van der Waals surface area contributed by atoms with Crippen molar-refractivity contribution < 1.29 is 9.53 Å². The molecule has 0 unspecified atom stereocenters. The van der Waals surface area contributed by atoms with Crippen molar-refractivity contribution >= 4 is 11.7 Å². The summed E-state index contributed by atoms with van der Waals surface area (Å²) >= 11 is 0. The Balaban J connectivity index is 2.48. The van der Waals surface area contributed by atoms with E-state index in [9.17, 15) is 4.79 Å². The lowest BCUT2D eigenvalue weighted by atomic mass is 10.0. The van der Waals surface area contributed by atoms with Gasteiger partial charge in [0.2, 0.25) is 0 Å². The van der Waals surface area contributed by atoms with Gasteiger partial charge in [-0.3, -0.25) is 4.99 Å². The summed E-state index contributed by atoms with van der Waals surface area (Å²) in [6, 6.07) is 9.79. The van der Waals surface area contributed by atoms with Gasteiger partial charge in [0.05, 0.1) is 12.3 Å². The Bertz CT molecular complexity index is 622. The van der Waals surface area contributed by atoms with Gasteiger partial charge < -0.3 is 4.74 Å². The van der Waals surface area contributed by atoms with Gasteiger partial charge in [0.25, 0.3) is 0 Å². The van der Waals surface area contributed by atoms with Crippen molar-refractivity contribution in [2.45, 2.75) is 25.3 Å². The van der Waals surface area contributed by atoms with Crippen LogP contribution in [0.1, 0.15) is 25.3 Å². The molecule has 0 aliphatic heterocycles. The molecular weight excluding hydrogens is 274 g/mol. The third-order valence-corrected chi connectivity index (χ3v) is 3.54. The van der Waals surface area contributed by atoms with Crippen molar-refractivity contribution in [2.24, 2.45) is 4.99 Å². The summed E-state index contributed by atoms with van der Waals surface area (Å²) in [6.07, 6.45) is 6.72. The smallest absolute Gasteiger partial charge is 0.334 e. The number of hydrogen-bond acceptors (Lipinski definition) is 3. The Kier molecular flexibility index (Phi) is 5.10. The van der Waals surface area contributed by atoms with E-state index in [1.54, 1.807) is 12.2 Å². The van der Waals surface area contributed by atoms with Gasteiger partial charge in [-0.25, -0.2) is 4.79 Å². The van der Waals surface area contributed by atoms with E-state index in [4.69, 9.17) is 9.73 Å². The molecule has 1 aliphatic rings. The lowest BCUT2D eigenvalue weighted by molar-refractivity contribution is -0.145. The largest absolute Gasteiger partial charge is 0.464 e. The van der Waals surface area contributed by atoms with Crippen molar-refractivity contribution in [2.75, 3.05) is 6.61 Å². The van der Waals surface area contributed by atoms with Gasteiger partial charge in [0.1, 0.15) is 0 Å². The molecule has 2 rings (SSSR count). The molecule has 0 atom stereocenters. The predicted octanol–water partition coefficient (Wildman–Crippen LogP) is 3.87. The van der Waals surface area contributed by atoms with Crippen LogP contribution < -0.4 is 0 Å². The maximum atomic E-state index is 12.2. The zero-order chi connectivity index (χ0) is 16.0. The zero-order valence-electron chi connectivity index (χ0n) is 12.9. The molecule has 1 aromatic rings. The second-order valence-electron chi connectivity index (χ2n) is 5.14. The molecule has 3 nitrogen and oxygen atoms in total. The highest BCUT2D eigenvalue weighted by molar-refractivity contribution is 6.15. The first-order chi connectivity index (χ1) is 10.7. The molecule has 0 saturated heterocycles. The van der Waals surface area contributed by atoms with Crippen molar-refractivity contribution in [1.29, 1.82) is 0 Å². The topological polar surface area (TPSA) is 38.7 Å². The Morgan fingerprint density at radius 1 is 1.32 bits per heavy atom. The lowest BCUT2D eigenvalue weighted by Crippen LogP contribution is -2.25. The number of benzene rings is 1. The van der Waals surface area contributed by atoms with E-state index in [0.717, 1.165) is 29.7 Å². The van der Waals surface area contributed by atoms with E-state index < -0.39 is 5.54 Å². The van der Waals surface area contributed by atoms with E-state index in [-0.39, 0.29) is 5.97 Å². The van der Waals surface area contributed by atoms with E-state index in [2.05, 4.69) is 13.2 Å². The molecule has 22 heavy (non-hydrogen) atoms. The molecule has 1 fully saturated rings. The minimum Gasteiger partial charge on any atom is -0.464 e. The van der Waals surface area contributed by atoms with Crippen LogP contribution in [0.5, 0.6) is 0 Å². The maximum absolute atomic E-state index is 12.2. The Morgan fingerprint density at radius 2 is 2.00 bits per heavy atom. The molecule has 0 amide bonds. The van der Waals surface area contributed by atoms with Crippen LogP contribution in [0.4, 0.5) is 0 Å². The molecule has 0 aromatic heterocycles. The zero-order valence-corrected chi connectivity index (χ0v) is 12.9. The van der Waals surface area contributed by atoms with Crippen LogP contribution in [-0.2, 0) is 9.53 Å². The number of ether oxygens (including phenoxy) is 1. The molecule has 1 aromatic carbocycles. The van der Waals surface area contributed by atoms with Crippen LogP contribution in [0.3, 0.4) is 0 Å². The van der Waals surface area contributed by atoms with E-state index in [0.29, 0.717) is 6.61 Å². The van der Waals surface area contributed by atoms with E-state index in [1.165, 1.54) is 0 Å². The minimum atomic E-state index is -0.732. The molecule has 1 aliphatic carbocycles. The second kappa shape index (κ2) is 7.03. The number of aliphatic imine (C=N–C) groups is 1. The normalized spacial score (nSPS) is 16.8. The Hall–Kier alpha value is -2.42. The van der Waals surface area contributed by atoms with Crippen molar-refractivity contribution in [3.8, 4) is 0 Å². The van der Waals surface area contributed by atoms with Gasteiger partial charge in [-0.2, -0.15) is 0 Å². The van der Waals surface area contributed by atoms with Gasteiger partial charge in [-0.05, 0) is 25.3 Å². The molecular formula is C19H21NO2. The van der Waals surface area contributed by atoms with Crippen LogP contribution in [0, 0.1) is 0 Å². The molecule has 0 spiro atoms. The van der Waals surface area contributed by atoms with Gasteiger partial charge in [0, 0.05) is 5.56 Å². The monoisotopic (exact) mass is 295 g/mol. The fourth-order valence-corrected chi connectivity index (χ4v) is 2.22. The Labute approximate surface area is 131 Å². The summed E-state index contributed by atoms with van der Waals surface area (Å²) < 4.78 is 5.17. The first-order valence-electron chi connectivity index (χ1n) is 7.45. The number of hydrogen-bond donors (Lipinski definition) is 0. The van der Waals surface area contributed by atoms with Crippen LogP contribution in [0.15, 0.2) is 72.3 Å². The number of nitrogens with zero attached hydrogens (tertiary/aromatic N) is 1. The van der Waals surface area contributed by atoms with Gasteiger partial charge in [0.15, 0.2) is 5.54 Å². The predicted molar refractivity (Wildman–Crippen MR) is 90.1 cm³/mol. The van der Waals surface area contributed by atoms with Crippen LogP contribution in [0.25, 0.3) is 0 Å². The van der Waals surface area contributed by atoms with Crippen molar-refractivity contribution in [3.63, 3.8) is 0 Å². The number of carbonyl (C=O) groups is 1. The van der Waals surface area contributed by atoms with Crippen LogP contribution >= 0.6 is 0 Å². The number of allylic oxidation sites excluding steroid dienone is 4. The average Bonchev–Trinajstić information content (AvgIpc) is 3.33. The quantitative estimate of drug-likeness (QED) is 0.435. The highest BCUT2D eigenvalue weighted by Crippen LogP contribution is 2.42. The summed E-state index contributed by atoms with van der Waals surface area (Å²) in [5.41, 5.74) is 1.81. The standard InChI is InChI=1S/C19H21NO2/c1-4-10-15(5-2)17(16-11-8-7-9-12-16)20-19(13-14-19)18(21)22-6-3/h4-5,7-12H,1-2,6,13-14H2,3H3/b15-10+,20-17?. The third kappa shape index (κ3) is 3.42. The molecule has 114 valence electrons. The first kappa shape index (κ1) is 16.0. The van der Waals surface area contributed by atoms with Gasteiger partial charge in [-0.15, -0.1) is 0 Å². The molecule has 3 heteroatoms. The SMILES string of the molecule is C=C/C=C(\C=C)C(=NC1(C(=O)OCC)CC1)c1ccccc1. The van der Waals surface area contributed by atoms with Crippen LogP contribution in [0.2, 0.25) is 0 Å². The fraction of sp³-hybridized carbons (Fsp3) is 0.263. The van der Waals surface area contributed by atoms with Gasteiger partial charge in [-0.1, -0.05) is 61.7 Å². The minimum absolute atomic E-state index is 0.245. The van der Waals surface area contributed by atoms with E-state index in [1.807, 2.05) is 43.3 Å². The van der Waals surface area contributed by atoms with Crippen molar-refractivity contribution in [3.05, 3.63) is 72.9 Å². The number of esters is 1. The number of carbonyl (C=O) groups excluding carboxylic acids is 1. The summed E-state index contributed by atoms with van der Waals surface area (Å²) in [5, 5.41) is 0. The van der Waals surface area contributed by atoms with Crippen LogP contribution in [-0.4, -0.2) is 23.8 Å². The summed E-state index contributed by atoms with van der Waals surface area (Å²) in [5.74, 6) is -0.245. The highest BCUT2D eigenvalue weighted by atomic mass is 16.5. The maximum Gasteiger partial charge on any atom is 0.334 e. The summed E-state index contributed by atoms with van der Waals surface area (Å²) in [6.45, 7) is 9.75. The van der Waals surface area contributed by atoms with Crippen molar-refractivity contribution in [1.82, 2.24) is 0 Å².